The second-order valence-corrected chi connectivity index (χ2v) is 6.53. The zero-order chi connectivity index (χ0) is 15.8. The van der Waals surface area contributed by atoms with E-state index in [4.69, 9.17) is 16.1 Å². The number of hydrogen-bond donors (Lipinski definition) is 1. The maximum Gasteiger partial charge on any atom is 0.240 e. The maximum atomic E-state index is 12.6. The summed E-state index contributed by atoms with van der Waals surface area (Å²) in [7, 11) is 0. The highest BCUT2D eigenvalue weighted by Crippen LogP contribution is 2.31. The second-order valence-electron chi connectivity index (χ2n) is 6.10. The van der Waals surface area contributed by atoms with Crippen LogP contribution in [0, 0.1) is 0 Å². The van der Waals surface area contributed by atoms with Crippen molar-refractivity contribution in [1.82, 2.24) is 15.4 Å². The molecule has 1 atom stereocenters. The van der Waals surface area contributed by atoms with Gasteiger partial charge in [-0.25, -0.2) is 0 Å². The number of hydrogen-bond acceptors (Lipinski definition) is 4. The van der Waals surface area contributed by atoms with Crippen LogP contribution >= 0.6 is 11.6 Å². The number of fused-ring (bicyclic) bond motifs is 1. The zero-order valence-electron chi connectivity index (χ0n) is 12.7. The lowest BCUT2D eigenvalue weighted by Crippen LogP contribution is -2.45. The van der Waals surface area contributed by atoms with Gasteiger partial charge in [0.1, 0.15) is 11.5 Å². The number of rotatable bonds is 2. The molecule has 4 rings (SSSR count). The predicted octanol–water partition coefficient (Wildman–Crippen LogP) is 2.63. The summed E-state index contributed by atoms with van der Waals surface area (Å²) in [6, 6.07) is 7.51. The first-order chi connectivity index (χ1) is 11.2. The van der Waals surface area contributed by atoms with E-state index in [0.717, 1.165) is 42.0 Å². The van der Waals surface area contributed by atoms with E-state index < -0.39 is 0 Å². The molecule has 1 N–H and O–H groups in total. The van der Waals surface area contributed by atoms with Gasteiger partial charge in [0, 0.05) is 29.1 Å². The molecule has 0 saturated carbocycles. The third-order valence-corrected chi connectivity index (χ3v) is 4.87. The highest BCUT2D eigenvalue weighted by Gasteiger charge is 2.32. The fourth-order valence-corrected chi connectivity index (χ4v) is 3.47. The molecule has 0 aliphatic carbocycles. The van der Waals surface area contributed by atoms with Gasteiger partial charge in [-0.3, -0.25) is 4.79 Å². The van der Waals surface area contributed by atoms with Crippen molar-refractivity contribution >= 4 is 17.5 Å². The molecule has 3 heterocycles. The summed E-state index contributed by atoms with van der Waals surface area (Å²) in [6.07, 6.45) is 2.71. The van der Waals surface area contributed by atoms with E-state index in [2.05, 4.69) is 10.5 Å². The van der Waals surface area contributed by atoms with Crippen LogP contribution in [0.25, 0.3) is 11.3 Å². The van der Waals surface area contributed by atoms with Gasteiger partial charge in [0.2, 0.25) is 5.91 Å². The predicted molar refractivity (Wildman–Crippen MR) is 87.1 cm³/mol. The van der Waals surface area contributed by atoms with Crippen molar-refractivity contribution in [2.24, 2.45) is 0 Å². The van der Waals surface area contributed by atoms with Gasteiger partial charge < -0.3 is 14.7 Å². The number of aromatic nitrogens is 1. The molecule has 2 aliphatic heterocycles. The van der Waals surface area contributed by atoms with Crippen molar-refractivity contribution in [1.29, 1.82) is 0 Å². The van der Waals surface area contributed by atoms with Crippen molar-refractivity contribution in [3.05, 3.63) is 40.6 Å². The molecule has 2 aliphatic rings. The van der Waals surface area contributed by atoms with Crippen LogP contribution in [0.4, 0.5) is 0 Å². The molecule has 120 valence electrons. The minimum atomic E-state index is -0.0320. The van der Waals surface area contributed by atoms with E-state index >= 15 is 0 Å². The Hall–Kier alpha value is -1.85. The van der Waals surface area contributed by atoms with Gasteiger partial charge in [0.25, 0.3) is 0 Å². The number of carbonyl (C=O) groups is 1. The van der Waals surface area contributed by atoms with Crippen LogP contribution in [-0.2, 0) is 17.8 Å². The lowest BCUT2D eigenvalue weighted by atomic mass is 10.0. The first-order valence-electron chi connectivity index (χ1n) is 7.98. The molecule has 1 amide bonds. The Labute approximate surface area is 139 Å². The average Bonchev–Trinajstić information content (AvgIpc) is 3.24. The highest BCUT2D eigenvalue weighted by molar-refractivity contribution is 6.30. The lowest BCUT2D eigenvalue weighted by molar-refractivity contribution is -0.134. The van der Waals surface area contributed by atoms with Crippen molar-refractivity contribution < 1.29 is 9.32 Å². The highest BCUT2D eigenvalue weighted by atomic mass is 35.5. The summed E-state index contributed by atoms with van der Waals surface area (Å²) >= 11 is 5.95. The number of nitrogens with zero attached hydrogens (tertiary/aromatic N) is 2. The molecule has 2 aromatic rings. The Morgan fingerprint density at radius 2 is 2.17 bits per heavy atom. The SMILES string of the molecule is O=C([C@H]1CCCN1)N1CCc2onc(-c3ccc(Cl)cc3)c2C1. The first-order valence-corrected chi connectivity index (χ1v) is 8.36. The molecule has 1 fully saturated rings. The summed E-state index contributed by atoms with van der Waals surface area (Å²) in [4.78, 5) is 14.5. The van der Waals surface area contributed by atoms with E-state index in [9.17, 15) is 4.79 Å². The summed E-state index contributed by atoms with van der Waals surface area (Å²) in [6.45, 7) is 2.19. The Balaban J connectivity index is 1.59. The van der Waals surface area contributed by atoms with Gasteiger partial charge in [-0.1, -0.05) is 28.9 Å². The maximum absolute atomic E-state index is 12.6. The normalized spacial score (nSPS) is 20.6. The van der Waals surface area contributed by atoms with Crippen LogP contribution in [0.5, 0.6) is 0 Å². The fraction of sp³-hybridized carbons (Fsp3) is 0.412. The van der Waals surface area contributed by atoms with Gasteiger partial charge in [0.15, 0.2) is 0 Å². The van der Waals surface area contributed by atoms with Crippen LogP contribution in [-0.4, -0.2) is 35.1 Å². The number of benzene rings is 1. The largest absolute Gasteiger partial charge is 0.360 e. The van der Waals surface area contributed by atoms with Crippen LogP contribution in [0.3, 0.4) is 0 Å². The van der Waals surface area contributed by atoms with E-state index in [1.165, 1.54) is 0 Å². The standard InChI is InChI=1S/C17H18ClN3O2/c18-12-5-3-11(4-6-12)16-13-10-21(9-7-15(13)23-20-16)17(22)14-2-1-8-19-14/h3-6,14,19H,1-2,7-10H2/t14-/m1/s1. The third-order valence-electron chi connectivity index (χ3n) is 4.62. The topological polar surface area (TPSA) is 58.4 Å². The van der Waals surface area contributed by atoms with Gasteiger partial charge in [-0.2, -0.15) is 0 Å². The smallest absolute Gasteiger partial charge is 0.240 e. The van der Waals surface area contributed by atoms with Crippen LogP contribution < -0.4 is 5.32 Å². The Morgan fingerprint density at radius 1 is 1.35 bits per heavy atom. The van der Waals surface area contributed by atoms with Crippen molar-refractivity contribution in [2.75, 3.05) is 13.1 Å². The average molecular weight is 332 g/mol. The van der Waals surface area contributed by atoms with E-state index in [0.29, 0.717) is 24.5 Å². The molecule has 5 nitrogen and oxygen atoms in total. The Bertz CT molecular complexity index is 720. The zero-order valence-corrected chi connectivity index (χ0v) is 13.5. The molecule has 1 aromatic carbocycles. The Morgan fingerprint density at radius 3 is 2.91 bits per heavy atom. The van der Waals surface area contributed by atoms with Crippen molar-refractivity contribution in [3.63, 3.8) is 0 Å². The summed E-state index contributed by atoms with van der Waals surface area (Å²) in [5.41, 5.74) is 2.80. The molecule has 0 unspecified atom stereocenters. The van der Waals surface area contributed by atoms with Crippen LogP contribution in [0.1, 0.15) is 24.2 Å². The molecule has 6 heteroatoms. The number of halogens is 1. The minimum Gasteiger partial charge on any atom is -0.360 e. The van der Waals surface area contributed by atoms with Crippen molar-refractivity contribution in [3.8, 4) is 11.3 Å². The minimum absolute atomic E-state index is 0.0320. The fourth-order valence-electron chi connectivity index (χ4n) is 3.35. The monoisotopic (exact) mass is 331 g/mol. The van der Waals surface area contributed by atoms with E-state index in [1.807, 2.05) is 29.2 Å². The molecule has 1 aromatic heterocycles. The Kier molecular flexibility index (Phi) is 3.83. The van der Waals surface area contributed by atoms with Crippen LogP contribution in [0.15, 0.2) is 28.8 Å². The van der Waals surface area contributed by atoms with Gasteiger partial charge >= 0.3 is 0 Å². The molecule has 1 saturated heterocycles. The van der Waals surface area contributed by atoms with E-state index in [-0.39, 0.29) is 11.9 Å². The van der Waals surface area contributed by atoms with Gasteiger partial charge in [0.05, 0.1) is 12.6 Å². The number of carbonyl (C=O) groups excluding carboxylic acids is 1. The molecule has 0 radical (unpaired) electrons. The van der Waals surface area contributed by atoms with E-state index in [1.54, 1.807) is 0 Å². The second kappa shape index (κ2) is 5.98. The van der Waals surface area contributed by atoms with Gasteiger partial charge in [-0.15, -0.1) is 0 Å². The summed E-state index contributed by atoms with van der Waals surface area (Å²) in [5.74, 6) is 1.08. The molecular formula is C17H18ClN3O2. The third kappa shape index (κ3) is 2.75. The van der Waals surface area contributed by atoms with Crippen molar-refractivity contribution in [2.45, 2.75) is 31.8 Å². The van der Waals surface area contributed by atoms with Crippen LogP contribution in [0.2, 0.25) is 5.02 Å². The molecule has 0 spiro atoms. The number of amides is 1. The summed E-state index contributed by atoms with van der Waals surface area (Å²) in [5, 5.41) is 8.19. The van der Waals surface area contributed by atoms with Gasteiger partial charge in [-0.05, 0) is 31.5 Å². The summed E-state index contributed by atoms with van der Waals surface area (Å²) < 4.78 is 5.49. The lowest BCUT2D eigenvalue weighted by Gasteiger charge is -2.28. The first kappa shape index (κ1) is 14.7. The quantitative estimate of drug-likeness (QED) is 0.919. The molecular weight excluding hydrogens is 314 g/mol. The number of nitrogens with one attached hydrogen (secondary N) is 1. The molecule has 23 heavy (non-hydrogen) atoms. The molecule has 0 bridgehead atoms.